The first kappa shape index (κ1) is 18.0. The topological polar surface area (TPSA) is 65.4 Å². The molecule has 6 heteroatoms. The molecule has 1 aromatic carbocycles. The van der Waals surface area contributed by atoms with E-state index >= 15 is 0 Å². The molecule has 24 heavy (non-hydrogen) atoms. The smallest absolute Gasteiger partial charge is 0.331 e. The number of benzene rings is 1. The molecule has 128 valence electrons. The van der Waals surface area contributed by atoms with Crippen molar-refractivity contribution in [2.75, 3.05) is 0 Å². The summed E-state index contributed by atoms with van der Waals surface area (Å²) < 4.78 is 31.4. The van der Waals surface area contributed by atoms with Crippen molar-refractivity contribution in [3.63, 3.8) is 0 Å². The Morgan fingerprint density at radius 1 is 1.12 bits per heavy atom. The van der Waals surface area contributed by atoms with Crippen molar-refractivity contribution in [1.29, 1.82) is 0 Å². The van der Waals surface area contributed by atoms with E-state index in [4.69, 9.17) is 4.74 Å². The fraction of sp³-hybridized carbons (Fsp3) is 0.278. The number of ether oxygens (including phenoxy) is 1. The first-order valence-corrected chi connectivity index (χ1v) is 8.93. The predicted octanol–water partition coefficient (Wildman–Crippen LogP) is 3.39. The van der Waals surface area contributed by atoms with E-state index in [-0.39, 0.29) is 4.90 Å². The van der Waals surface area contributed by atoms with E-state index in [9.17, 15) is 13.2 Å². The Hall–Kier alpha value is -2.34. The van der Waals surface area contributed by atoms with E-state index < -0.39 is 21.6 Å². The van der Waals surface area contributed by atoms with Gasteiger partial charge in [-0.05, 0) is 57.5 Å². The van der Waals surface area contributed by atoms with Gasteiger partial charge in [-0.25, -0.2) is 17.2 Å². The molecule has 0 saturated heterocycles. The summed E-state index contributed by atoms with van der Waals surface area (Å²) in [6.45, 7) is 7.24. The summed E-state index contributed by atoms with van der Waals surface area (Å²) >= 11 is 0. The third-order valence-electron chi connectivity index (χ3n) is 3.11. The van der Waals surface area contributed by atoms with Crippen LogP contribution in [0.1, 0.15) is 31.9 Å². The largest absolute Gasteiger partial charge is 0.457 e. The maximum atomic E-state index is 12.5. The van der Waals surface area contributed by atoms with Crippen LogP contribution in [0.5, 0.6) is 0 Å². The van der Waals surface area contributed by atoms with Crippen LogP contribution in [-0.4, -0.2) is 24.0 Å². The van der Waals surface area contributed by atoms with Crippen LogP contribution in [-0.2, 0) is 19.6 Å². The summed E-state index contributed by atoms with van der Waals surface area (Å²) in [5, 5.41) is 0. The van der Waals surface area contributed by atoms with Gasteiger partial charge in [0, 0.05) is 18.5 Å². The quantitative estimate of drug-likeness (QED) is 0.628. The van der Waals surface area contributed by atoms with Crippen molar-refractivity contribution in [3.05, 3.63) is 59.9 Å². The van der Waals surface area contributed by atoms with Gasteiger partial charge in [0.25, 0.3) is 10.0 Å². The lowest BCUT2D eigenvalue weighted by Crippen LogP contribution is -2.22. The standard InChI is InChI=1S/C18H21NO4S/c1-14-5-8-16(9-6-14)24(21,22)19-12-11-15(13-19)7-10-17(20)23-18(2,3)4/h5-13H,1-4H3/b10-7+. The van der Waals surface area contributed by atoms with Crippen LogP contribution in [0.2, 0.25) is 0 Å². The third kappa shape index (κ3) is 4.58. The molecule has 1 heterocycles. The van der Waals surface area contributed by atoms with Gasteiger partial charge in [-0.15, -0.1) is 0 Å². The first-order chi connectivity index (χ1) is 11.1. The van der Waals surface area contributed by atoms with Crippen molar-refractivity contribution in [1.82, 2.24) is 3.97 Å². The number of nitrogens with zero attached hydrogens (tertiary/aromatic N) is 1. The molecule has 0 aliphatic carbocycles. The molecule has 0 radical (unpaired) electrons. The van der Waals surface area contributed by atoms with Gasteiger partial charge in [-0.2, -0.15) is 0 Å². The monoisotopic (exact) mass is 347 g/mol. The molecule has 0 aliphatic rings. The van der Waals surface area contributed by atoms with E-state index in [0.717, 1.165) is 9.54 Å². The SMILES string of the molecule is Cc1ccc(S(=O)(=O)n2ccc(/C=C/C(=O)OC(C)(C)C)c2)cc1. The Kier molecular flexibility index (Phi) is 4.99. The molecule has 0 unspecified atom stereocenters. The van der Waals surface area contributed by atoms with Crippen LogP contribution in [0, 0.1) is 6.92 Å². The molecular formula is C18H21NO4S. The summed E-state index contributed by atoms with van der Waals surface area (Å²) in [4.78, 5) is 11.9. The summed E-state index contributed by atoms with van der Waals surface area (Å²) in [5.41, 5.74) is 1.02. The van der Waals surface area contributed by atoms with Gasteiger partial charge in [0.15, 0.2) is 0 Å². The minimum Gasteiger partial charge on any atom is -0.457 e. The fourth-order valence-corrected chi connectivity index (χ4v) is 3.18. The highest BCUT2D eigenvalue weighted by atomic mass is 32.2. The molecule has 0 bridgehead atoms. The highest BCUT2D eigenvalue weighted by Crippen LogP contribution is 2.16. The van der Waals surface area contributed by atoms with Crippen molar-refractivity contribution < 1.29 is 17.9 Å². The van der Waals surface area contributed by atoms with Gasteiger partial charge in [-0.1, -0.05) is 17.7 Å². The Bertz CT molecular complexity index is 853. The van der Waals surface area contributed by atoms with Gasteiger partial charge in [0.05, 0.1) is 4.90 Å². The van der Waals surface area contributed by atoms with Crippen molar-refractivity contribution in [2.24, 2.45) is 0 Å². The molecule has 0 saturated carbocycles. The lowest BCUT2D eigenvalue weighted by molar-refractivity contribution is -0.148. The molecule has 2 aromatic rings. The number of carbonyl (C=O) groups is 1. The first-order valence-electron chi connectivity index (χ1n) is 7.49. The van der Waals surface area contributed by atoms with E-state index in [1.807, 2.05) is 6.92 Å². The molecular weight excluding hydrogens is 326 g/mol. The van der Waals surface area contributed by atoms with E-state index in [2.05, 4.69) is 0 Å². The summed E-state index contributed by atoms with van der Waals surface area (Å²) in [6.07, 6.45) is 5.71. The van der Waals surface area contributed by atoms with E-state index in [1.165, 1.54) is 24.5 Å². The van der Waals surface area contributed by atoms with E-state index in [1.54, 1.807) is 51.1 Å². The van der Waals surface area contributed by atoms with Crippen LogP contribution >= 0.6 is 0 Å². The van der Waals surface area contributed by atoms with Gasteiger partial charge >= 0.3 is 5.97 Å². The minimum absolute atomic E-state index is 0.214. The minimum atomic E-state index is -3.64. The van der Waals surface area contributed by atoms with Gasteiger partial charge in [0.2, 0.25) is 0 Å². The average Bonchev–Trinajstić information content (AvgIpc) is 2.93. The van der Waals surface area contributed by atoms with E-state index in [0.29, 0.717) is 5.56 Å². The normalized spacial score (nSPS) is 12.5. The zero-order valence-electron chi connectivity index (χ0n) is 14.2. The Morgan fingerprint density at radius 2 is 1.75 bits per heavy atom. The van der Waals surface area contributed by atoms with Crippen molar-refractivity contribution >= 4 is 22.1 Å². The molecule has 0 N–H and O–H groups in total. The third-order valence-corrected chi connectivity index (χ3v) is 4.76. The number of carbonyl (C=O) groups excluding carboxylic acids is 1. The average molecular weight is 347 g/mol. The maximum absolute atomic E-state index is 12.5. The number of aryl methyl sites for hydroxylation is 1. The highest BCUT2D eigenvalue weighted by Gasteiger charge is 2.16. The lowest BCUT2D eigenvalue weighted by Gasteiger charge is -2.17. The van der Waals surface area contributed by atoms with Gasteiger partial charge in [0.1, 0.15) is 5.60 Å². The second kappa shape index (κ2) is 6.65. The summed E-state index contributed by atoms with van der Waals surface area (Å²) in [5.74, 6) is -0.475. The highest BCUT2D eigenvalue weighted by molar-refractivity contribution is 7.90. The summed E-state index contributed by atoms with van der Waals surface area (Å²) in [6, 6.07) is 8.26. The Morgan fingerprint density at radius 3 is 2.33 bits per heavy atom. The second-order valence-electron chi connectivity index (χ2n) is 6.46. The molecule has 1 aromatic heterocycles. The molecule has 0 spiro atoms. The Balaban J connectivity index is 2.18. The molecule has 0 amide bonds. The van der Waals surface area contributed by atoms with Crippen LogP contribution in [0.4, 0.5) is 0 Å². The number of aromatic nitrogens is 1. The fourth-order valence-electron chi connectivity index (χ4n) is 1.97. The van der Waals surface area contributed by atoms with Gasteiger partial charge in [-0.3, -0.25) is 0 Å². The zero-order valence-corrected chi connectivity index (χ0v) is 15.0. The van der Waals surface area contributed by atoms with Crippen molar-refractivity contribution in [2.45, 2.75) is 38.2 Å². The van der Waals surface area contributed by atoms with Crippen LogP contribution in [0.25, 0.3) is 6.08 Å². The van der Waals surface area contributed by atoms with Gasteiger partial charge < -0.3 is 4.74 Å². The number of rotatable bonds is 4. The zero-order chi connectivity index (χ0) is 18.0. The molecule has 0 fully saturated rings. The predicted molar refractivity (Wildman–Crippen MR) is 93.1 cm³/mol. The Labute approximate surface area is 142 Å². The molecule has 0 aliphatic heterocycles. The number of hydrogen-bond donors (Lipinski definition) is 0. The molecule has 5 nitrogen and oxygen atoms in total. The lowest BCUT2D eigenvalue weighted by atomic mass is 10.2. The van der Waals surface area contributed by atoms with Crippen LogP contribution < -0.4 is 0 Å². The second-order valence-corrected chi connectivity index (χ2v) is 8.30. The maximum Gasteiger partial charge on any atom is 0.331 e. The molecule has 2 rings (SSSR count). The van der Waals surface area contributed by atoms with Crippen molar-refractivity contribution in [3.8, 4) is 0 Å². The number of hydrogen-bond acceptors (Lipinski definition) is 4. The number of esters is 1. The molecule has 0 atom stereocenters. The van der Waals surface area contributed by atoms with Crippen LogP contribution in [0.3, 0.4) is 0 Å². The van der Waals surface area contributed by atoms with Crippen LogP contribution in [0.15, 0.2) is 53.7 Å². The summed E-state index contributed by atoms with van der Waals surface area (Å²) in [7, 11) is -3.64.